The van der Waals surface area contributed by atoms with E-state index >= 15 is 0 Å². The molecule has 1 atom stereocenters. The van der Waals surface area contributed by atoms with Crippen molar-refractivity contribution in [2.45, 2.75) is 18.9 Å². The van der Waals surface area contributed by atoms with Crippen molar-refractivity contribution in [1.82, 2.24) is 25.1 Å². The van der Waals surface area contributed by atoms with Gasteiger partial charge in [-0.15, -0.1) is 0 Å². The van der Waals surface area contributed by atoms with Crippen molar-refractivity contribution in [3.63, 3.8) is 0 Å². The zero-order valence-electron chi connectivity index (χ0n) is 14.2. The van der Waals surface area contributed by atoms with E-state index in [2.05, 4.69) is 25.7 Å². The number of piperidine rings is 1. The van der Waals surface area contributed by atoms with Crippen LogP contribution in [0.25, 0.3) is 0 Å². The van der Waals surface area contributed by atoms with E-state index in [1.165, 1.54) is 6.20 Å². The highest BCUT2D eigenvalue weighted by atomic mass is 16.4. The summed E-state index contributed by atoms with van der Waals surface area (Å²) in [6.45, 7) is 1.19. The number of carbonyl (C=O) groups is 2. The van der Waals surface area contributed by atoms with Gasteiger partial charge in [0.2, 0.25) is 0 Å². The van der Waals surface area contributed by atoms with Crippen molar-refractivity contribution in [1.29, 1.82) is 0 Å². The number of anilines is 3. The Bertz CT molecular complexity index is 821. The molecule has 1 saturated heterocycles. The van der Waals surface area contributed by atoms with Gasteiger partial charge in [0.25, 0.3) is 5.91 Å². The molecule has 0 radical (unpaired) electrons. The number of hydrogen-bond acceptors (Lipinski definition) is 7. The molecule has 5 N–H and O–H groups in total. The average molecular weight is 360 g/mol. The van der Waals surface area contributed by atoms with Gasteiger partial charge < -0.3 is 26.4 Å². The van der Waals surface area contributed by atoms with Gasteiger partial charge in [-0.1, -0.05) is 0 Å². The molecule has 0 saturated carbocycles. The van der Waals surface area contributed by atoms with Gasteiger partial charge in [0, 0.05) is 32.4 Å². The molecule has 26 heavy (non-hydrogen) atoms. The Morgan fingerprint density at radius 3 is 2.85 bits per heavy atom. The lowest BCUT2D eigenvalue weighted by Crippen LogP contribution is -2.47. The first-order valence-corrected chi connectivity index (χ1v) is 8.09. The van der Waals surface area contributed by atoms with Gasteiger partial charge in [0.05, 0.1) is 18.1 Å². The third-order valence-electron chi connectivity index (χ3n) is 4.03. The Kier molecular flexibility index (Phi) is 4.87. The summed E-state index contributed by atoms with van der Waals surface area (Å²) in [5.41, 5.74) is 6.05. The van der Waals surface area contributed by atoms with Gasteiger partial charge in [-0.25, -0.2) is 14.8 Å². The highest BCUT2D eigenvalue weighted by Gasteiger charge is 2.24. The minimum atomic E-state index is -1.05. The minimum absolute atomic E-state index is 0.0230. The summed E-state index contributed by atoms with van der Waals surface area (Å²) in [5.74, 6) is 0.0779. The quantitative estimate of drug-likeness (QED) is 0.594. The molecular weight excluding hydrogens is 340 g/mol. The summed E-state index contributed by atoms with van der Waals surface area (Å²) in [5, 5.41) is 18.5. The van der Waals surface area contributed by atoms with Gasteiger partial charge in [-0.2, -0.15) is 5.10 Å². The molecule has 0 bridgehead atoms. The lowest BCUT2D eigenvalue weighted by atomic mass is 10.1. The predicted molar refractivity (Wildman–Crippen MR) is 93.4 cm³/mol. The second-order valence-electron chi connectivity index (χ2n) is 6.05. The summed E-state index contributed by atoms with van der Waals surface area (Å²) in [7, 11) is 1.77. The summed E-state index contributed by atoms with van der Waals surface area (Å²) < 4.78 is 1.61. The van der Waals surface area contributed by atoms with E-state index in [0.717, 1.165) is 12.8 Å². The standard InChI is InChI=1S/C15H20N8O3/c1-22-7-10(5-18-22)19-14-12(13(16)24)17-6-11(21-14)23-4-2-3-9(8-23)20-15(25)26/h5-7,9,20H,2-4,8H2,1H3,(H2,16,24)(H,19,21)(H,25,26)/t9-/m1/s1. The lowest BCUT2D eigenvalue weighted by molar-refractivity contribution is 0.0996. The summed E-state index contributed by atoms with van der Waals surface area (Å²) in [6, 6.07) is -0.186. The number of hydrogen-bond donors (Lipinski definition) is 4. The van der Waals surface area contributed by atoms with Crippen molar-refractivity contribution >= 4 is 29.3 Å². The van der Waals surface area contributed by atoms with E-state index in [1.807, 2.05) is 4.90 Å². The molecule has 0 aromatic carbocycles. The summed E-state index contributed by atoms with van der Waals surface area (Å²) >= 11 is 0. The first kappa shape index (κ1) is 17.5. The predicted octanol–water partition coefficient (Wildman–Crippen LogP) is 0.289. The maximum Gasteiger partial charge on any atom is 0.404 e. The van der Waals surface area contributed by atoms with Gasteiger partial charge in [-0.05, 0) is 12.8 Å². The molecule has 3 heterocycles. The van der Waals surface area contributed by atoms with Crippen LogP contribution in [0.4, 0.5) is 22.1 Å². The van der Waals surface area contributed by atoms with Crippen LogP contribution < -0.4 is 21.3 Å². The fourth-order valence-electron chi connectivity index (χ4n) is 2.90. The monoisotopic (exact) mass is 360 g/mol. The molecule has 2 amide bonds. The summed E-state index contributed by atoms with van der Waals surface area (Å²) in [6.07, 6.45) is 5.31. The van der Waals surface area contributed by atoms with Gasteiger partial charge in [0.1, 0.15) is 5.82 Å². The summed E-state index contributed by atoms with van der Waals surface area (Å²) in [4.78, 5) is 33.0. The van der Waals surface area contributed by atoms with Crippen molar-refractivity contribution < 1.29 is 14.7 Å². The average Bonchev–Trinajstić information content (AvgIpc) is 2.99. The smallest absolute Gasteiger partial charge is 0.404 e. The van der Waals surface area contributed by atoms with Crippen molar-refractivity contribution in [3.05, 3.63) is 24.3 Å². The second kappa shape index (κ2) is 7.25. The van der Waals surface area contributed by atoms with E-state index < -0.39 is 12.0 Å². The number of aryl methyl sites for hydroxylation is 1. The van der Waals surface area contributed by atoms with Gasteiger partial charge in [-0.3, -0.25) is 9.48 Å². The second-order valence-corrected chi connectivity index (χ2v) is 6.05. The van der Waals surface area contributed by atoms with E-state index in [1.54, 1.807) is 24.1 Å². The Morgan fingerprint density at radius 2 is 2.19 bits per heavy atom. The van der Waals surface area contributed by atoms with E-state index in [9.17, 15) is 9.59 Å². The number of rotatable bonds is 5. The molecule has 1 aliphatic heterocycles. The Balaban J connectivity index is 1.84. The van der Waals surface area contributed by atoms with Crippen LogP contribution in [-0.2, 0) is 7.05 Å². The topological polar surface area (TPSA) is 151 Å². The normalized spacial score (nSPS) is 17.0. The molecule has 11 nitrogen and oxygen atoms in total. The number of carbonyl (C=O) groups excluding carboxylic acids is 1. The van der Waals surface area contributed by atoms with Crippen molar-refractivity contribution in [2.75, 3.05) is 23.3 Å². The number of amides is 2. The van der Waals surface area contributed by atoms with Crippen LogP contribution in [0.1, 0.15) is 23.3 Å². The molecule has 1 fully saturated rings. The molecule has 11 heteroatoms. The Morgan fingerprint density at radius 1 is 1.38 bits per heavy atom. The highest BCUT2D eigenvalue weighted by molar-refractivity contribution is 5.96. The van der Waals surface area contributed by atoms with Gasteiger partial charge >= 0.3 is 6.09 Å². The Labute approximate surface area is 149 Å². The largest absolute Gasteiger partial charge is 0.465 e. The number of nitrogens with zero attached hydrogens (tertiary/aromatic N) is 5. The van der Waals surface area contributed by atoms with Crippen molar-refractivity contribution in [3.8, 4) is 0 Å². The number of primary amides is 1. The van der Waals surface area contributed by atoms with Crippen LogP contribution >= 0.6 is 0 Å². The molecule has 0 aliphatic carbocycles. The van der Waals surface area contributed by atoms with Crippen LogP contribution in [-0.4, -0.2) is 56.0 Å². The fraction of sp³-hybridized carbons (Fsp3) is 0.400. The van der Waals surface area contributed by atoms with E-state index in [0.29, 0.717) is 24.6 Å². The number of aromatic nitrogens is 4. The van der Waals surface area contributed by atoms with Crippen LogP contribution in [0.2, 0.25) is 0 Å². The fourth-order valence-corrected chi connectivity index (χ4v) is 2.90. The molecule has 138 valence electrons. The van der Waals surface area contributed by atoms with Crippen molar-refractivity contribution in [2.24, 2.45) is 12.8 Å². The molecule has 2 aromatic heterocycles. The first-order chi connectivity index (χ1) is 12.4. The molecule has 0 spiro atoms. The molecular formula is C15H20N8O3. The maximum atomic E-state index is 11.6. The highest BCUT2D eigenvalue weighted by Crippen LogP contribution is 2.23. The number of nitrogens with two attached hydrogens (primary N) is 1. The first-order valence-electron chi connectivity index (χ1n) is 8.09. The third kappa shape index (κ3) is 3.99. The van der Waals surface area contributed by atoms with E-state index in [4.69, 9.17) is 10.8 Å². The zero-order chi connectivity index (χ0) is 18.7. The lowest BCUT2D eigenvalue weighted by Gasteiger charge is -2.33. The molecule has 1 aliphatic rings. The third-order valence-corrected chi connectivity index (χ3v) is 4.03. The SMILES string of the molecule is Cn1cc(Nc2nc(N3CCC[C@@H](NC(=O)O)C3)cnc2C(N)=O)cn1. The van der Waals surface area contributed by atoms with E-state index in [-0.39, 0.29) is 17.6 Å². The molecule has 2 aromatic rings. The number of nitrogens with one attached hydrogen (secondary N) is 2. The number of carboxylic acid groups (broad SMARTS) is 1. The maximum absolute atomic E-state index is 11.6. The van der Waals surface area contributed by atoms with Crippen LogP contribution in [0.15, 0.2) is 18.6 Å². The van der Waals surface area contributed by atoms with Crippen LogP contribution in [0, 0.1) is 0 Å². The Hall–Kier alpha value is -3.37. The van der Waals surface area contributed by atoms with Crippen LogP contribution in [0.3, 0.4) is 0 Å². The minimum Gasteiger partial charge on any atom is -0.465 e. The van der Waals surface area contributed by atoms with Gasteiger partial charge in [0.15, 0.2) is 11.5 Å². The zero-order valence-corrected chi connectivity index (χ0v) is 14.2. The molecule has 3 rings (SSSR count). The van der Waals surface area contributed by atoms with Crippen LogP contribution in [0.5, 0.6) is 0 Å². The molecule has 0 unspecified atom stereocenters.